The fourth-order valence-electron chi connectivity index (χ4n) is 4.16. The van der Waals surface area contributed by atoms with Crippen molar-refractivity contribution in [3.63, 3.8) is 0 Å². The van der Waals surface area contributed by atoms with Crippen LogP contribution in [-0.2, 0) is 14.4 Å². The van der Waals surface area contributed by atoms with E-state index < -0.39 is 17.9 Å². The minimum atomic E-state index is -2.91. The predicted molar refractivity (Wildman–Crippen MR) is 151 cm³/mol. The number of allylic oxidation sites excluding steroid dienone is 1. The van der Waals surface area contributed by atoms with Crippen LogP contribution >= 0.6 is 0 Å². The molecule has 0 aliphatic carbocycles. The molecule has 0 saturated carbocycles. The Hall–Kier alpha value is -4.19. The number of carbonyl (C=O) groups is 3. The van der Waals surface area contributed by atoms with Gasteiger partial charge in [-0.2, -0.15) is 0 Å². The number of anilines is 3. The highest BCUT2D eigenvalue weighted by Crippen LogP contribution is 2.34. The van der Waals surface area contributed by atoms with E-state index in [1.165, 1.54) is 13.8 Å². The number of piperazine rings is 1. The Morgan fingerprint density at radius 1 is 1.10 bits per heavy atom. The summed E-state index contributed by atoms with van der Waals surface area (Å²) in [7, 11) is 2.55. The second-order valence-electron chi connectivity index (χ2n) is 8.96. The molecule has 12 heteroatoms. The van der Waals surface area contributed by atoms with Gasteiger partial charge in [0.2, 0.25) is 12.3 Å². The first-order valence-corrected chi connectivity index (χ1v) is 12.5. The Labute approximate surface area is 232 Å². The van der Waals surface area contributed by atoms with Crippen molar-refractivity contribution < 1.29 is 27.6 Å². The highest BCUT2D eigenvalue weighted by Gasteiger charge is 2.26. The topological polar surface area (TPSA) is 107 Å². The molecule has 1 saturated heterocycles. The monoisotopic (exact) mass is 560 g/mol. The number of aromatic nitrogens is 1. The van der Waals surface area contributed by atoms with Crippen molar-refractivity contribution in [2.24, 2.45) is 0 Å². The lowest BCUT2D eigenvalue weighted by Gasteiger charge is -2.39. The first-order chi connectivity index (χ1) is 19.1. The first-order valence-electron chi connectivity index (χ1n) is 12.5. The van der Waals surface area contributed by atoms with E-state index in [4.69, 9.17) is 0 Å². The number of amides is 3. The molecule has 40 heavy (non-hydrogen) atoms. The third-order valence-corrected chi connectivity index (χ3v) is 6.34. The van der Waals surface area contributed by atoms with Crippen LogP contribution in [0.25, 0.3) is 11.1 Å². The van der Waals surface area contributed by atoms with E-state index >= 15 is 0 Å². The Morgan fingerprint density at radius 2 is 1.80 bits per heavy atom. The fraction of sp³-hybridized carbons (Fsp3) is 0.357. The molecular formula is C28H35F3N6O3. The number of likely N-dealkylation sites (N-methyl/N-ethyl adjacent to an activating group) is 1. The summed E-state index contributed by atoms with van der Waals surface area (Å²) in [6, 6.07) is 9.24. The van der Waals surface area contributed by atoms with Crippen LogP contribution in [0.2, 0.25) is 0 Å². The number of nitrogens with zero attached hydrogens (tertiary/aromatic N) is 3. The molecule has 1 aliphatic rings. The number of nitrogens with one attached hydrogen (secondary N) is 3. The Balaban J connectivity index is 0.00000274. The number of alkyl halides is 3. The van der Waals surface area contributed by atoms with Crippen molar-refractivity contribution in [2.45, 2.75) is 33.2 Å². The van der Waals surface area contributed by atoms with Gasteiger partial charge < -0.3 is 25.8 Å². The lowest BCUT2D eigenvalue weighted by Crippen LogP contribution is -2.50. The third-order valence-electron chi connectivity index (χ3n) is 6.34. The Kier molecular flexibility index (Phi) is 12.3. The molecule has 1 aromatic carbocycles. The zero-order chi connectivity index (χ0) is 29.8. The molecule has 3 N–H and O–H groups in total. The van der Waals surface area contributed by atoms with E-state index in [1.54, 1.807) is 24.4 Å². The lowest BCUT2D eigenvalue weighted by molar-refractivity contribution is -0.114. The number of rotatable bonds is 9. The van der Waals surface area contributed by atoms with Crippen LogP contribution in [0.15, 0.2) is 60.0 Å². The molecule has 9 nitrogen and oxygen atoms in total. The van der Waals surface area contributed by atoms with Crippen LogP contribution in [0.1, 0.15) is 20.8 Å². The third kappa shape index (κ3) is 8.40. The molecule has 1 unspecified atom stereocenters. The SMILES string of the molecule is C/C=C(\C(=C/NC=O)C(=O)Nc1cc(-c2ccc(NC(C)=O)nc2)ccc1N1CCN(C)C(C)C1)C(F)F.CF. The molecule has 2 aromatic rings. The number of halogens is 3. The Morgan fingerprint density at radius 3 is 2.35 bits per heavy atom. The largest absolute Gasteiger partial charge is 0.367 e. The van der Waals surface area contributed by atoms with E-state index in [9.17, 15) is 27.6 Å². The molecule has 216 valence electrons. The minimum absolute atomic E-state index is 0.238. The van der Waals surface area contributed by atoms with Crippen LogP contribution in [0.5, 0.6) is 0 Å². The van der Waals surface area contributed by atoms with Crippen LogP contribution < -0.4 is 20.9 Å². The zero-order valence-corrected chi connectivity index (χ0v) is 23.2. The van der Waals surface area contributed by atoms with Crippen LogP contribution in [-0.4, -0.2) is 74.4 Å². The molecule has 1 aliphatic heterocycles. The number of hydrogen-bond donors (Lipinski definition) is 3. The molecule has 2 heterocycles. The average molecular weight is 561 g/mol. The summed E-state index contributed by atoms with van der Waals surface area (Å²) < 4.78 is 36.8. The quantitative estimate of drug-likeness (QED) is 0.241. The molecule has 0 bridgehead atoms. The van der Waals surface area contributed by atoms with Gasteiger partial charge in [0.15, 0.2) is 0 Å². The maximum Gasteiger partial charge on any atom is 0.264 e. The predicted octanol–water partition coefficient (Wildman–Crippen LogP) is 4.21. The summed E-state index contributed by atoms with van der Waals surface area (Å²) in [5.74, 6) is -0.619. The lowest BCUT2D eigenvalue weighted by atomic mass is 10.0. The van der Waals surface area contributed by atoms with Crippen LogP contribution in [0.4, 0.5) is 30.4 Å². The van der Waals surface area contributed by atoms with E-state index in [2.05, 4.69) is 37.7 Å². The van der Waals surface area contributed by atoms with Gasteiger partial charge >= 0.3 is 0 Å². The second-order valence-corrected chi connectivity index (χ2v) is 8.96. The normalized spacial score (nSPS) is 16.1. The van der Waals surface area contributed by atoms with E-state index in [0.717, 1.165) is 35.6 Å². The van der Waals surface area contributed by atoms with Gasteiger partial charge in [-0.25, -0.2) is 13.8 Å². The van der Waals surface area contributed by atoms with Crippen LogP contribution in [0.3, 0.4) is 0 Å². The fourth-order valence-corrected chi connectivity index (χ4v) is 4.16. The van der Waals surface area contributed by atoms with Crippen molar-refractivity contribution in [1.29, 1.82) is 0 Å². The van der Waals surface area contributed by atoms with E-state index in [1.807, 2.05) is 19.2 Å². The summed E-state index contributed by atoms with van der Waals surface area (Å²) in [4.78, 5) is 44.0. The van der Waals surface area contributed by atoms with Gasteiger partial charge in [0, 0.05) is 56.1 Å². The maximum absolute atomic E-state index is 13.7. The van der Waals surface area contributed by atoms with Crippen molar-refractivity contribution in [1.82, 2.24) is 15.2 Å². The van der Waals surface area contributed by atoms with Gasteiger partial charge in [0.05, 0.1) is 24.1 Å². The van der Waals surface area contributed by atoms with Crippen molar-refractivity contribution in [3.05, 3.63) is 60.0 Å². The maximum atomic E-state index is 13.7. The number of benzene rings is 1. The molecule has 1 atom stereocenters. The summed E-state index contributed by atoms with van der Waals surface area (Å²) in [6.45, 7) is 7.13. The van der Waals surface area contributed by atoms with Gasteiger partial charge in [-0.3, -0.25) is 18.8 Å². The molecule has 3 amide bonds. The molecule has 3 rings (SSSR count). The summed E-state index contributed by atoms with van der Waals surface area (Å²) >= 11 is 0. The molecule has 0 radical (unpaired) electrons. The summed E-state index contributed by atoms with van der Waals surface area (Å²) in [6.07, 6.45) is 1.10. The molecular weight excluding hydrogens is 525 g/mol. The first kappa shape index (κ1) is 32.0. The molecule has 1 aromatic heterocycles. The van der Waals surface area contributed by atoms with Crippen molar-refractivity contribution in [3.8, 4) is 11.1 Å². The molecule has 1 fully saturated rings. The summed E-state index contributed by atoms with van der Waals surface area (Å²) in [5, 5.41) is 7.60. The highest BCUT2D eigenvalue weighted by molar-refractivity contribution is 6.09. The zero-order valence-electron chi connectivity index (χ0n) is 23.2. The second kappa shape index (κ2) is 15.4. The smallest absolute Gasteiger partial charge is 0.264 e. The van der Waals surface area contributed by atoms with E-state index in [0.29, 0.717) is 38.2 Å². The standard InChI is InChI=1S/C27H32F2N6O3.CH3F/c1-5-21(26(28)29)22(14-30-16-36)27(38)33-23-12-19(20-7-9-25(31-13-20)32-18(3)37)6-8-24(23)35-11-10-34(4)17(2)15-35;1-2/h5-9,12-14,16-17,26H,10-11,15H2,1-4H3,(H,30,36)(H,33,38)(H,31,32,37);1H3/b21-5+,22-14+;. The van der Waals surface area contributed by atoms with Gasteiger partial charge in [0.1, 0.15) is 5.82 Å². The van der Waals surface area contributed by atoms with Crippen molar-refractivity contribution >= 4 is 35.4 Å². The minimum Gasteiger partial charge on any atom is -0.367 e. The van der Waals surface area contributed by atoms with Gasteiger partial charge in [-0.05, 0) is 50.7 Å². The van der Waals surface area contributed by atoms with Crippen LogP contribution in [0, 0.1) is 0 Å². The average Bonchev–Trinajstić information content (AvgIpc) is 2.93. The Bertz CT molecular complexity index is 1230. The number of carbonyl (C=O) groups excluding carboxylic acids is 3. The van der Waals surface area contributed by atoms with Gasteiger partial charge in [0.25, 0.3) is 12.3 Å². The van der Waals surface area contributed by atoms with E-state index in [-0.39, 0.29) is 17.5 Å². The molecule has 0 spiro atoms. The van der Waals surface area contributed by atoms with Gasteiger partial charge in [-0.15, -0.1) is 0 Å². The number of hydrogen-bond acceptors (Lipinski definition) is 6. The highest BCUT2D eigenvalue weighted by atomic mass is 19.3. The number of pyridine rings is 1. The van der Waals surface area contributed by atoms with Gasteiger partial charge in [-0.1, -0.05) is 12.1 Å². The van der Waals surface area contributed by atoms with Crippen molar-refractivity contribution in [2.75, 3.05) is 49.4 Å². The summed E-state index contributed by atoms with van der Waals surface area (Å²) in [5.41, 5.74) is 1.78.